The molecule has 0 spiro atoms. The van der Waals surface area contributed by atoms with E-state index in [2.05, 4.69) is 4.72 Å². The van der Waals surface area contributed by atoms with Gasteiger partial charge in [0.15, 0.2) is 0 Å². The number of carboxylic acids is 1. The molecule has 0 aliphatic heterocycles. The van der Waals surface area contributed by atoms with Gasteiger partial charge in [-0.1, -0.05) is 18.6 Å². The van der Waals surface area contributed by atoms with Gasteiger partial charge >= 0.3 is 5.97 Å². The summed E-state index contributed by atoms with van der Waals surface area (Å²) in [6.07, 6.45) is 1.75. The lowest BCUT2D eigenvalue weighted by Gasteiger charge is -2.17. The Morgan fingerprint density at radius 1 is 1.33 bits per heavy atom. The number of carboxylic acid groups (broad SMARTS) is 1. The third-order valence-electron chi connectivity index (χ3n) is 3.60. The van der Waals surface area contributed by atoms with E-state index in [1.807, 2.05) is 6.07 Å². The Labute approximate surface area is 123 Å². The molecule has 6 nitrogen and oxygen atoms in total. The number of benzene rings is 1. The number of nitrogens with one attached hydrogen (secondary N) is 1. The zero-order chi connectivity index (χ0) is 15.5. The highest BCUT2D eigenvalue weighted by molar-refractivity contribution is 7.88. The van der Waals surface area contributed by atoms with Gasteiger partial charge in [-0.2, -0.15) is 5.26 Å². The molecule has 0 saturated heterocycles. The second-order valence-electron chi connectivity index (χ2n) is 5.17. The number of hydrogen-bond donors (Lipinski definition) is 2. The molecule has 1 aliphatic carbocycles. The number of nitrogens with zero attached hydrogens (tertiary/aromatic N) is 1. The lowest BCUT2D eigenvalue weighted by atomic mass is 10.1. The predicted octanol–water partition coefficient (Wildman–Crippen LogP) is 1.23. The van der Waals surface area contributed by atoms with Crippen molar-refractivity contribution in [3.05, 3.63) is 35.4 Å². The summed E-state index contributed by atoms with van der Waals surface area (Å²) in [6.45, 7) is 0. The van der Waals surface area contributed by atoms with E-state index in [0.29, 0.717) is 30.4 Å². The number of sulfonamides is 1. The fourth-order valence-electron chi connectivity index (χ4n) is 2.56. The molecule has 1 fully saturated rings. The lowest BCUT2D eigenvalue weighted by Crippen LogP contribution is -2.40. The second kappa shape index (κ2) is 6.24. The van der Waals surface area contributed by atoms with Crippen LogP contribution >= 0.6 is 0 Å². The third kappa shape index (κ3) is 4.03. The summed E-state index contributed by atoms with van der Waals surface area (Å²) in [5.41, 5.74) is 1.03. The molecule has 2 unspecified atom stereocenters. The molecular weight excluding hydrogens is 292 g/mol. The van der Waals surface area contributed by atoms with Crippen molar-refractivity contribution >= 4 is 16.0 Å². The summed E-state index contributed by atoms with van der Waals surface area (Å²) < 4.78 is 26.7. The normalized spacial score (nSPS) is 21.9. The summed E-state index contributed by atoms with van der Waals surface area (Å²) >= 11 is 0. The average Bonchev–Trinajstić information content (AvgIpc) is 2.86. The molecule has 1 saturated carbocycles. The van der Waals surface area contributed by atoms with Crippen LogP contribution in [0.15, 0.2) is 24.3 Å². The van der Waals surface area contributed by atoms with E-state index in [9.17, 15) is 13.2 Å². The van der Waals surface area contributed by atoms with E-state index in [1.54, 1.807) is 24.3 Å². The van der Waals surface area contributed by atoms with E-state index in [1.165, 1.54) is 0 Å². The monoisotopic (exact) mass is 308 g/mol. The summed E-state index contributed by atoms with van der Waals surface area (Å²) in [6, 6.07) is 7.71. The zero-order valence-electron chi connectivity index (χ0n) is 11.3. The second-order valence-corrected chi connectivity index (χ2v) is 6.92. The Morgan fingerprint density at radius 3 is 2.57 bits per heavy atom. The number of hydrogen-bond acceptors (Lipinski definition) is 4. The maximum Gasteiger partial charge on any atom is 0.308 e. The number of carbonyl (C=O) groups is 1. The van der Waals surface area contributed by atoms with Crippen molar-refractivity contribution in [2.45, 2.75) is 31.1 Å². The Bertz CT molecular complexity index is 661. The lowest BCUT2D eigenvalue weighted by molar-refractivity contribution is -0.141. The van der Waals surface area contributed by atoms with Gasteiger partial charge in [-0.3, -0.25) is 4.79 Å². The molecule has 1 aromatic carbocycles. The summed E-state index contributed by atoms with van der Waals surface area (Å²) in [4.78, 5) is 11.1. The van der Waals surface area contributed by atoms with Gasteiger partial charge in [0.1, 0.15) is 0 Å². The number of aliphatic carboxylic acids is 1. The standard InChI is InChI=1S/C14H16N2O4S/c15-8-10-4-6-11(7-5-10)9-21(19,20)16-13-3-1-2-12(13)14(17)18/h4-7,12-13,16H,1-3,9H2,(H,17,18). The van der Waals surface area contributed by atoms with Gasteiger partial charge in [0.2, 0.25) is 10.0 Å². The van der Waals surface area contributed by atoms with Crippen LogP contribution in [0.3, 0.4) is 0 Å². The van der Waals surface area contributed by atoms with E-state index < -0.39 is 28.0 Å². The molecule has 2 rings (SSSR count). The van der Waals surface area contributed by atoms with Gasteiger partial charge in [0, 0.05) is 6.04 Å². The minimum absolute atomic E-state index is 0.221. The van der Waals surface area contributed by atoms with Gasteiger partial charge in [-0.25, -0.2) is 13.1 Å². The number of rotatable bonds is 5. The van der Waals surface area contributed by atoms with Gasteiger partial charge in [0.25, 0.3) is 0 Å². The number of nitriles is 1. The quantitative estimate of drug-likeness (QED) is 0.850. The fourth-order valence-corrected chi connectivity index (χ4v) is 4.02. The molecule has 0 heterocycles. The Kier molecular flexibility index (Phi) is 4.60. The summed E-state index contributed by atoms with van der Waals surface area (Å²) in [7, 11) is -3.60. The van der Waals surface area contributed by atoms with Crippen LogP contribution in [0.1, 0.15) is 30.4 Å². The molecule has 2 atom stereocenters. The molecule has 0 amide bonds. The van der Waals surface area contributed by atoms with Gasteiger partial charge in [0.05, 0.1) is 23.3 Å². The van der Waals surface area contributed by atoms with Crippen molar-refractivity contribution in [2.24, 2.45) is 5.92 Å². The molecule has 112 valence electrons. The smallest absolute Gasteiger partial charge is 0.308 e. The van der Waals surface area contributed by atoms with Crippen LogP contribution in [0, 0.1) is 17.2 Å². The van der Waals surface area contributed by atoms with Crippen LogP contribution in [0.4, 0.5) is 0 Å². The first-order valence-electron chi connectivity index (χ1n) is 6.63. The van der Waals surface area contributed by atoms with E-state index in [-0.39, 0.29) is 5.75 Å². The highest BCUT2D eigenvalue weighted by atomic mass is 32.2. The zero-order valence-corrected chi connectivity index (χ0v) is 12.1. The molecule has 1 aliphatic rings. The van der Waals surface area contributed by atoms with Gasteiger partial charge in [-0.15, -0.1) is 0 Å². The molecule has 0 aromatic heterocycles. The van der Waals surface area contributed by atoms with Crippen LogP contribution in [-0.4, -0.2) is 25.5 Å². The van der Waals surface area contributed by atoms with Crippen molar-refractivity contribution in [3.8, 4) is 6.07 Å². The molecule has 2 N–H and O–H groups in total. The van der Waals surface area contributed by atoms with Crippen LogP contribution < -0.4 is 4.72 Å². The average molecular weight is 308 g/mol. The fraction of sp³-hybridized carbons (Fsp3) is 0.429. The topological polar surface area (TPSA) is 107 Å². The highest BCUT2D eigenvalue weighted by Gasteiger charge is 2.35. The van der Waals surface area contributed by atoms with Crippen LogP contribution in [0.2, 0.25) is 0 Å². The van der Waals surface area contributed by atoms with Crippen molar-refractivity contribution in [2.75, 3.05) is 0 Å². The molecule has 21 heavy (non-hydrogen) atoms. The highest BCUT2D eigenvalue weighted by Crippen LogP contribution is 2.26. The van der Waals surface area contributed by atoms with Crippen LogP contribution in [0.5, 0.6) is 0 Å². The van der Waals surface area contributed by atoms with Crippen molar-refractivity contribution in [1.82, 2.24) is 4.72 Å². The SMILES string of the molecule is N#Cc1ccc(CS(=O)(=O)NC2CCCC2C(=O)O)cc1. The minimum Gasteiger partial charge on any atom is -0.481 e. The molecule has 1 aromatic rings. The van der Waals surface area contributed by atoms with Crippen molar-refractivity contribution in [1.29, 1.82) is 5.26 Å². The predicted molar refractivity (Wildman–Crippen MR) is 75.7 cm³/mol. The van der Waals surface area contributed by atoms with Gasteiger partial charge in [-0.05, 0) is 30.5 Å². The molecule has 7 heteroatoms. The first-order valence-corrected chi connectivity index (χ1v) is 8.28. The first-order chi connectivity index (χ1) is 9.91. The molecule has 0 bridgehead atoms. The minimum atomic E-state index is -3.60. The Morgan fingerprint density at radius 2 is 2.00 bits per heavy atom. The summed E-state index contributed by atoms with van der Waals surface area (Å²) in [5, 5.41) is 17.8. The molecule has 0 radical (unpaired) electrons. The third-order valence-corrected chi connectivity index (χ3v) is 4.98. The Balaban J connectivity index is 2.04. The van der Waals surface area contributed by atoms with Gasteiger partial charge < -0.3 is 5.11 Å². The van der Waals surface area contributed by atoms with E-state index in [4.69, 9.17) is 10.4 Å². The van der Waals surface area contributed by atoms with Crippen molar-refractivity contribution < 1.29 is 18.3 Å². The van der Waals surface area contributed by atoms with E-state index >= 15 is 0 Å². The first kappa shape index (κ1) is 15.5. The molecular formula is C14H16N2O4S. The van der Waals surface area contributed by atoms with E-state index in [0.717, 1.165) is 0 Å². The summed E-state index contributed by atoms with van der Waals surface area (Å²) in [5.74, 6) is -1.83. The maximum atomic E-state index is 12.1. The maximum absolute atomic E-state index is 12.1. The van der Waals surface area contributed by atoms with Crippen LogP contribution in [0.25, 0.3) is 0 Å². The van der Waals surface area contributed by atoms with Crippen LogP contribution in [-0.2, 0) is 20.6 Å². The largest absolute Gasteiger partial charge is 0.481 e. The Hall–Kier alpha value is -1.91. The van der Waals surface area contributed by atoms with Crippen molar-refractivity contribution in [3.63, 3.8) is 0 Å².